The van der Waals surface area contributed by atoms with Crippen molar-refractivity contribution < 1.29 is 4.79 Å². The summed E-state index contributed by atoms with van der Waals surface area (Å²) in [7, 11) is 0. The van der Waals surface area contributed by atoms with Gasteiger partial charge in [-0.25, -0.2) is 0 Å². The number of benzene rings is 3. The van der Waals surface area contributed by atoms with Gasteiger partial charge in [0.25, 0.3) is 5.91 Å². The normalized spacial score (nSPS) is 11.4. The first-order chi connectivity index (χ1) is 16.4. The van der Waals surface area contributed by atoms with E-state index in [2.05, 4.69) is 36.2 Å². The Hall–Kier alpha value is -2.50. The summed E-state index contributed by atoms with van der Waals surface area (Å²) >= 11 is 20.4. The summed E-state index contributed by atoms with van der Waals surface area (Å²) in [5.41, 5.74) is 3.60. The first kappa shape index (κ1) is 23.3. The van der Waals surface area contributed by atoms with Gasteiger partial charge < -0.3 is 9.88 Å². The van der Waals surface area contributed by atoms with Gasteiger partial charge in [-0.1, -0.05) is 58.6 Å². The highest BCUT2D eigenvalue weighted by molar-refractivity contribution is 7.19. The fourth-order valence-electron chi connectivity index (χ4n) is 4.17. The molecule has 0 saturated heterocycles. The number of carbonyl (C=O) groups excluding carboxylic acids is 1. The lowest BCUT2D eigenvalue weighted by atomic mass is 10.1. The van der Waals surface area contributed by atoms with Crippen molar-refractivity contribution in [1.82, 2.24) is 9.88 Å². The zero-order valence-electron chi connectivity index (χ0n) is 18.4. The zero-order valence-corrected chi connectivity index (χ0v) is 21.5. The highest BCUT2D eigenvalue weighted by Gasteiger charge is 2.21. The SMILES string of the molecule is Cc1ccc2sc(CN(CCc3ccc(Cl)c(Cl)c3)C(=O)c3cc(Cl)cc4cc[nH]c34)cc2c1. The summed E-state index contributed by atoms with van der Waals surface area (Å²) in [5, 5.41) is 3.69. The van der Waals surface area contributed by atoms with Gasteiger partial charge >= 0.3 is 0 Å². The summed E-state index contributed by atoms with van der Waals surface area (Å²) < 4.78 is 1.21. The quantitative estimate of drug-likeness (QED) is 0.236. The van der Waals surface area contributed by atoms with Gasteiger partial charge in [-0.05, 0) is 66.8 Å². The van der Waals surface area contributed by atoms with Gasteiger partial charge in [-0.15, -0.1) is 11.3 Å². The largest absolute Gasteiger partial charge is 0.361 e. The van der Waals surface area contributed by atoms with E-state index in [0.29, 0.717) is 40.1 Å². The Kier molecular flexibility index (Phi) is 6.59. The lowest BCUT2D eigenvalue weighted by Crippen LogP contribution is -2.32. The van der Waals surface area contributed by atoms with Gasteiger partial charge in [0, 0.05) is 32.7 Å². The van der Waals surface area contributed by atoms with Gasteiger partial charge in [0.1, 0.15) is 0 Å². The molecule has 2 aromatic heterocycles. The molecule has 34 heavy (non-hydrogen) atoms. The molecule has 0 aliphatic rings. The van der Waals surface area contributed by atoms with E-state index in [0.717, 1.165) is 21.3 Å². The molecule has 0 fully saturated rings. The van der Waals surface area contributed by atoms with Crippen molar-refractivity contribution in [3.05, 3.63) is 103 Å². The number of fused-ring (bicyclic) bond motifs is 2. The minimum absolute atomic E-state index is 0.0661. The Morgan fingerprint density at radius 1 is 0.941 bits per heavy atom. The number of hydrogen-bond acceptors (Lipinski definition) is 2. The van der Waals surface area contributed by atoms with Crippen LogP contribution in [0.3, 0.4) is 0 Å². The van der Waals surface area contributed by atoms with Gasteiger partial charge in [-0.2, -0.15) is 0 Å². The first-order valence-corrected chi connectivity index (χ1v) is 12.8. The Bertz CT molecular complexity index is 1520. The van der Waals surface area contributed by atoms with Crippen molar-refractivity contribution in [2.75, 3.05) is 6.54 Å². The maximum absolute atomic E-state index is 13.8. The molecule has 0 bridgehead atoms. The zero-order chi connectivity index (χ0) is 23.8. The molecule has 3 nitrogen and oxygen atoms in total. The smallest absolute Gasteiger partial charge is 0.256 e. The van der Waals surface area contributed by atoms with Crippen LogP contribution in [0.2, 0.25) is 15.1 Å². The Morgan fingerprint density at radius 3 is 2.62 bits per heavy atom. The number of nitrogens with one attached hydrogen (secondary N) is 1. The molecule has 0 spiro atoms. The van der Waals surface area contributed by atoms with E-state index in [-0.39, 0.29) is 5.91 Å². The highest BCUT2D eigenvalue weighted by Crippen LogP contribution is 2.30. The Morgan fingerprint density at radius 2 is 1.79 bits per heavy atom. The van der Waals surface area contributed by atoms with Crippen molar-refractivity contribution in [3.8, 4) is 0 Å². The van der Waals surface area contributed by atoms with Gasteiger partial charge in [-0.3, -0.25) is 4.79 Å². The van der Waals surface area contributed by atoms with Crippen LogP contribution >= 0.6 is 46.1 Å². The molecular formula is C27H21Cl3N2OS. The minimum atomic E-state index is -0.0661. The predicted molar refractivity (Wildman–Crippen MR) is 145 cm³/mol. The van der Waals surface area contributed by atoms with Crippen LogP contribution in [-0.2, 0) is 13.0 Å². The van der Waals surface area contributed by atoms with E-state index in [1.165, 1.54) is 15.6 Å². The average Bonchev–Trinajstić information content (AvgIpc) is 3.43. The molecule has 0 radical (unpaired) electrons. The topological polar surface area (TPSA) is 36.1 Å². The minimum Gasteiger partial charge on any atom is -0.361 e. The van der Waals surface area contributed by atoms with Gasteiger partial charge in [0.2, 0.25) is 0 Å². The molecule has 1 N–H and O–H groups in total. The number of rotatable bonds is 6. The van der Waals surface area contributed by atoms with Crippen LogP contribution in [0.4, 0.5) is 0 Å². The summed E-state index contributed by atoms with van der Waals surface area (Å²) in [5.74, 6) is -0.0661. The van der Waals surface area contributed by atoms with E-state index in [1.54, 1.807) is 23.5 Å². The van der Waals surface area contributed by atoms with Crippen LogP contribution in [-0.4, -0.2) is 22.3 Å². The molecule has 2 heterocycles. The lowest BCUT2D eigenvalue weighted by molar-refractivity contribution is 0.0748. The number of aromatic nitrogens is 1. The summed E-state index contributed by atoms with van der Waals surface area (Å²) in [4.78, 5) is 20.0. The fraction of sp³-hybridized carbons (Fsp3) is 0.148. The maximum Gasteiger partial charge on any atom is 0.256 e. The number of carbonyl (C=O) groups is 1. The van der Waals surface area contributed by atoms with E-state index >= 15 is 0 Å². The van der Waals surface area contributed by atoms with E-state index in [4.69, 9.17) is 34.8 Å². The van der Waals surface area contributed by atoms with Gasteiger partial charge in [0.05, 0.1) is 27.7 Å². The summed E-state index contributed by atoms with van der Waals surface area (Å²) in [6, 6.07) is 19.7. The molecule has 0 aliphatic heterocycles. The molecule has 0 saturated carbocycles. The van der Waals surface area contributed by atoms with Crippen molar-refractivity contribution in [2.24, 2.45) is 0 Å². The van der Waals surface area contributed by atoms with Crippen molar-refractivity contribution >= 4 is 73.0 Å². The van der Waals surface area contributed by atoms with Crippen LogP contribution in [0, 0.1) is 6.92 Å². The molecule has 5 aromatic rings. The van der Waals surface area contributed by atoms with Crippen LogP contribution in [0.5, 0.6) is 0 Å². The Balaban J connectivity index is 1.48. The second-order valence-electron chi connectivity index (χ2n) is 8.37. The number of aryl methyl sites for hydroxylation is 1. The number of thiophene rings is 1. The van der Waals surface area contributed by atoms with Crippen LogP contribution in [0.15, 0.2) is 66.9 Å². The number of halogens is 3. The molecule has 172 valence electrons. The number of nitrogens with zero attached hydrogens (tertiary/aromatic N) is 1. The van der Waals surface area contributed by atoms with Crippen LogP contribution in [0.25, 0.3) is 21.0 Å². The molecule has 5 rings (SSSR count). The van der Waals surface area contributed by atoms with Crippen LogP contribution in [0.1, 0.15) is 26.4 Å². The number of hydrogen-bond donors (Lipinski definition) is 1. The van der Waals surface area contributed by atoms with Crippen LogP contribution < -0.4 is 0 Å². The number of H-pyrrole nitrogens is 1. The van der Waals surface area contributed by atoms with E-state index in [9.17, 15) is 4.79 Å². The van der Waals surface area contributed by atoms with E-state index in [1.807, 2.05) is 35.4 Å². The number of amides is 1. The first-order valence-electron chi connectivity index (χ1n) is 10.9. The standard InChI is InChI=1S/C27H21Cl3N2OS/c1-16-2-5-25-19(10-16)13-21(34-25)15-32(9-7-17-3-4-23(29)24(30)11-17)27(33)22-14-20(28)12-18-6-8-31-26(18)22/h2-6,8,10-14,31H,7,9,15H2,1H3. The second kappa shape index (κ2) is 9.63. The lowest BCUT2D eigenvalue weighted by Gasteiger charge is -2.23. The third-order valence-corrected chi connectivity index (χ3v) is 7.92. The van der Waals surface area contributed by atoms with Gasteiger partial charge in [0.15, 0.2) is 0 Å². The second-order valence-corrected chi connectivity index (χ2v) is 10.8. The fourth-order valence-corrected chi connectivity index (χ4v) is 5.78. The predicted octanol–water partition coefficient (Wildman–Crippen LogP) is 8.54. The van der Waals surface area contributed by atoms with Crippen molar-refractivity contribution in [2.45, 2.75) is 19.9 Å². The Labute approximate surface area is 216 Å². The summed E-state index contributed by atoms with van der Waals surface area (Å²) in [6.45, 7) is 3.12. The highest BCUT2D eigenvalue weighted by atomic mass is 35.5. The molecule has 1 amide bonds. The molecule has 0 atom stereocenters. The molecule has 3 aromatic carbocycles. The van der Waals surface area contributed by atoms with E-state index < -0.39 is 0 Å². The number of aromatic amines is 1. The molecule has 7 heteroatoms. The molecule has 0 aliphatic carbocycles. The summed E-state index contributed by atoms with van der Waals surface area (Å²) in [6.07, 6.45) is 2.48. The molecular weight excluding hydrogens is 507 g/mol. The molecule has 0 unspecified atom stereocenters. The monoisotopic (exact) mass is 526 g/mol. The third kappa shape index (κ3) is 4.82. The third-order valence-electron chi connectivity index (χ3n) is 5.87. The van der Waals surface area contributed by atoms with Crippen molar-refractivity contribution in [1.29, 1.82) is 0 Å². The average molecular weight is 528 g/mol. The maximum atomic E-state index is 13.8. The van der Waals surface area contributed by atoms with Crippen molar-refractivity contribution in [3.63, 3.8) is 0 Å².